The van der Waals surface area contributed by atoms with E-state index in [1.165, 1.54) is 0 Å². The SMILES string of the molecule is CCOc1cc(-c2ccc(N3CCC(CN4CCN(CC)CC4)(NC(=O)C(C)C(C)C)CC3)nc2)c2c3cn[nH]c3nn2c1. The van der Waals surface area contributed by atoms with E-state index in [0.717, 1.165) is 104 Å². The van der Waals surface area contributed by atoms with E-state index in [-0.39, 0.29) is 17.4 Å². The Morgan fingerprint density at radius 3 is 2.45 bits per heavy atom. The number of H-pyrrole nitrogens is 1. The van der Waals surface area contributed by atoms with Crippen LogP contribution in [0.2, 0.25) is 0 Å². The normalized spacial score (nSPS) is 18.7. The molecule has 2 aliphatic heterocycles. The van der Waals surface area contributed by atoms with Crippen LogP contribution >= 0.6 is 0 Å². The third-order valence-corrected chi connectivity index (χ3v) is 9.76. The first-order valence-electron chi connectivity index (χ1n) is 16.3. The second-order valence-corrected chi connectivity index (χ2v) is 12.9. The molecule has 236 valence electrons. The van der Waals surface area contributed by atoms with Crippen LogP contribution in [0.3, 0.4) is 0 Å². The summed E-state index contributed by atoms with van der Waals surface area (Å²) in [7, 11) is 0. The van der Waals surface area contributed by atoms with Crippen LogP contribution < -0.4 is 15.0 Å². The molecule has 1 atom stereocenters. The molecule has 2 saturated heterocycles. The molecule has 1 amide bonds. The van der Waals surface area contributed by atoms with Crippen LogP contribution in [0.25, 0.3) is 27.7 Å². The van der Waals surface area contributed by atoms with Crippen molar-refractivity contribution in [2.24, 2.45) is 11.8 Å². The van der Waals surface area contributed by atoms with Gasteiger partial charge in [-0.2, -0.15) is 5.10 Å². The van der Waals surface area contributed by atoms with Gasteiger partial charge < -0.3 is 19.9 Å². The lowest BCUT2D eigenvalue weighted by molar-refractivity contribution is -0.128. The zero-order chi connectivity index (χ0) is 30.8. The number of nitrogens with zero attached hydrogens (tertiary/aromatic N) is 7. The summed E-state index contributed by atoms with van der Waals surface area (Å²) in [6.07, 6.45) is 7.45. The zero-order valence-corrected chi connectivity index (χ0v) is 26.8. The number of carbonyl (C=O) groups is 1. The van der Waals surface area contributed by atoms with Crippen molar-refractivity contribution in [3.05, 3.63) is 36.8 Å². The number of hydrogen-bond acceptors (Lipinski definition) is 8. The molecule has 0 radical (unpaired) electrons. The molecule has 11 nitrogen and oxygen atoms in total. The van der Waals surface area contributed by atoms with Gasteiger partial charge in [-0.05, 0) is 50.4 Å². The van der Waals surface area contributed by atoms with E-state index in [0.29, 0.717) is 12.5 Å². The Bertz CT molecular complexity index is 1560. The van der Waals surface area contributed by atoms with Crippen molar-refractivity contribution >= 4 is 28.3 Å². The van der Waals surface area contributed by atoms with Crippen LogP contribution in [0.4, 0.5) is 5.82 Å². The Labute approximate surface area is 259 Å². The lowest BCUT2D eigenvalue weighted by Gasteiger charge is -2.47. The summed E-state index contributed by atoms with van der Waals surface area (Å²) in [5.41, 5.74) is 3.48. The number of rotatable bonds is 10. The van der Waals surface area contributed by atoms with Gasteiger partial charge in [0.25, 0.3) is 0 Å². The number of nitrogens with one attached hydrogen (secondary N) is 2. The molecule has 2 fully saturated rings. The molecular weight excluding hydrogens is 554 g/mol. The molecule has 0 saturated carbocycles. The van der Waals surface area contributed by atoms with E-state index < -0.39 is 0 Å². The molecule has 0 aromatic carbocycles. The molecule has 0 spiro atoms. The van der Waals surface area contributed by atoms with Crippen molar-refractivity contribution in [2.45, 2.75) is 53.0 Å². The molecule has 44 heavy (non-hydrogen) atoms. The van der Waals surface area contributed by atoms with E-state index in [1.807, 2.05) is 37.0 Å². The first kappa shape index (κ1) is 30.3. The maximum Gasteiger partial charge on any atom is 0.223 e. The average Bonchev–Trinajstić information content (AvgIpc) is 3.63. The lowest BCUT2D eigenvalue weighted by atomic mass is 9.85. The summed E-state index contributed by atoms with van der Waals surface area (Å²) in [4.78, 5) is 25.7. The quantitative estimate of drug-likeness (QED) is 0.280. The average molecular weight is 602 g/mol. The highest BCUT2D eigenvalue weighted by Crippen LogP contribution is 2.34. The van der Waals surface area contributed by atoms with Gasteiger partial charge in [-0.25, -0.2) is 9.50 Å². The van der Waals surface area contributed by atoms with E-state index in [4.69, 9.17) is 9.72 Å². The van der Waals surface area contributed by atoms with Gasteiger partial charge >= 0.3 is 0 Å². The molecule has 11 heteroatoms. The Balaban J connectivity index is 1.20. The largest absolute Gasteiger partial charge is 0.492 e. The maximum atomic E-state index is 13.3. The summed E-state index contributed by atoms with van der Waals surface area (Å²) in [6.45, 7) is 19.1. The first-order valence-corrected chi connectivity index (χ1v) is 16.3. The molecule has 2 aliphatic rings. The third-order valence-electron chi connectivity index (χ3n) is 9.76. The summed E-state index contributed by atoms with van der Waals surface area (Å²) in [5.74, 6) is 2.19. The fraction of sp³-hybridized carbons (Fsp3) is 0.576. The number of ether oxygens (including phenoxy) is 1. The molecule has 2 N–H and O–H groups in total. The first-order chi connectivity index (χ1) is 21.3. The zero-order valence-electron chi connectivity index (χ0n) is 26.8. The number of pyridine rings is 2. The summed E-state index contributed by atoms with van der Waals surface area (Å²) in [5, 5.41) is 16.3. The predicted molar refractivity (Wildman–Crippen MR) is 174 cm³/mol. The fourth-order valence-corrected chi connectivity index (χ4v) is 6.59. The van der Waals surface area contributed by atoms with Crippen LogP contribution in [0.15, 0.2) is 36.8 Å². The van der Waals surface area contributed by atoms with Gasteiger partial charge in [-0.3, -0.25) is 14.8 Å². The molecule has 0 aliphatic carbocycles. The number of likely N-dealkylation sites (N-methyl/N-ethyl adjacent to an activating group) is 1. The summed E-state index contributed by atoms with van der Waals surface area (Å²) < 4.78 is 7.72. The van der Waals surface area contributed by atoms with Gasteiger partial charge in [0.2, 0.25) is 5.91 Å². The highest BCUT2D eigenvalue weighted by atomic mass is 16.5. The molecule has 1 unspecified atom stereocenters. The second-order valence-electron chi connectivity index (χ2n) is 12.9. The van der Waals surface area contributed by atoms with Crippen molar-refractivity contribution in [1.82, 2.24) is 39.9 Å². The van der Waals surface area contributed by atoms with E-state index >= 15 is 0 Å². The minimum atomic E-state index is -0.228. The number of carbonyl (C=O) groups excluding carboxylic acids is 1. The third kappa shape index (κ3) is 6.12. The molecule has 6 heterocycles. The van der Waals surface area contributed by atoms with Crippen LogP contribution in [-0.4, -0.2) is 105 Å². The van der Waals surface area contributed by atoms with E-state index in [2.05, 4.69) is 74.3 Å². The Morgan fingerprint density at radius 2 is 1.80 bits per heavy atom. The van der Waals surface area contributed by atoms with Crippen LogP contribution in [0.1, 0.15) is 47.5 Å². The number of aromatic amines is 1. The monoisotopic (exact) mass is 601 g/mol. The standard InChI is InChI=1S/C33H47N9O2/c1-6-39-14-16-40(17-15-39)22-33(36-32(43)24(5)23(3)4)10-12-41(13-11-33)29-9-8-25(19-34-29)27-18-26(44-7-2)21-42-30(27)28-20-35-37-31(28)38-42/h8-9,18-21,23-24H,6-7,10-17,22H2,1-5H3,(H,36,43)(H,37,38). The number of fused-ring (bicyclic) bond motifs is 3. The molecule has 0 bridgehead atoms. The van der Waals surface area contributed by atoms with Crippen LogP contribution in [0.5, 0.6) is 5.75 Å². The molecule has 4 aromatic rings. The molecule has 4 aromatic heterocycles. The highest BCUT2D eigenvalue weighted by molar-refractivity contribution is 6.00. The predicted octanol–water partition coefficient (Wildman–Crippen LogP) is 4.06. The maximum absolute atomic E-state index is 13.3. The van der Waals surface area contributed by atoms with Gasteiger partial charge in [0.15, 0.2) is 5.65 Å². The van der Waals surface area contributed by atoms with E-state index in [9.17, 15) is 4.79 Å². The number of piperazine rings is 1. The summed E-state index contributed by atoms with van der Waals surface area (Å²) in [6, 6.07) is 6.30. The van der Waals surface area contributed by atoms with Crippen LogP contribution in [-0.2, 0) is 4.79 Å². The van der Waals surface area contributed by atoms with Crippen molar-refractivity contribution in [2.75, 3.05) is 63.9 Å². The number of amides is 1. The minimum absolute atomic E-state index is 0.0113. The Morgan fingerprint density at radius 1 is 1.05 bits per heavy atom. The number of piperidine rings is 1. The molecular formula is C33H47N9O2. The summed E-state index contributed by atoms with van der Waals surface area (Å²) >= 11 is 0. The Hall–Kier alpha value is -3.70. The van der Waals surface area contributed by atoms with Gasteiger partial charge in [0.1, 0.15) is 11.6 Å². The number of hydrogen-bond donors (Lipinski definition) is 2. The van der Waals surface area contributed by atoms with Gasteiger partial charge in [-0.15, -0.1) is 5.10 Å². The van der Waals surface area contributed by atoms with Crippen LogP contribution in [0, 0.1) is 11.8 Å². The number of anilines is 1. The van der Waals surface area contributed by atoms with Crippen molar-refractivity contribution < 1.29 is 9.53 Å². The van der Waals surface area contributed by atoms with Crippen molar-refractivity contribution in [1.29, 1.82) is 0 Å². The topological polar surface area (TPSA) is 107 Å². The molecule has 6 rings (SSSR count). The van der Waals surface area contributed by atoms with Crippen molar-refractivity contribution in [3.8, 4) is 16.9 Å². The highest BCUT2D eigenvalue weighted by Gasteiger charge is 2.39. The van der Waals surface area contributed by atoms with E-state index in [1.54, 1.807) is 0 Å². The fourth-order valence-electron chi connectivity index (χ4n) is 6.59. The lowest BCUT2D eigenvalue weighted by Crippen LogP contribution is -2.63. The van der Waals surface area contributed by atoms with Gasteiger partial charge in [0, 0.05) is 69.1 Å². The second kappa shape index (κ2) is 12.7. The Kier molecular flexibility index (Phi) is 8.77. The van der Waals surface area contributed by atoms with Gasteiger partial charge in [0.05, 0.1) is 35.4 Å². The number of aromatic nitrogens is 5. The van der Waals surface area contributed by atoms with Gasteiger partial charge in [-0.1, -0.05) is 27.7 Å². The minimum Gasteiger partial charge on any atom is -0.492 e. The smallest absolute Gasteiger partial charge is 0.223 e. The van der Waals surface area contributed by atoms with Crippen molar-refractivity contribution in [3.63, 3.8) is 0 Å².